The molecule has 1 aliphatic rings. The molecule has 2 heterocycles. The molecule has 1 aromatic carbocycles. The largest absolute Gasteiger partial charge is 0.325 e. The van der Waals surface area contributed by atoms with Crippen molar-refractivity contribution in [2.24, 2.45) is 4.99 Å². The molecule has 5 nitrogen and oxygen atoms in total. The van der Waals surface area contributed by atoms with Crippen molar-refractivity contribution in [2.75, 3.05) is 13.3 Å². The standard InChI is InChI=1S/C19H24ClN4OPS/c1-13-9-16(20)14(10-15(12-21)26(2,3)4)11-17(13)22-18-23-7-5-6-8-24(23)19(25)27-18/h9,11,15H,2,5-8,10H2,1,3-4H3. The summed E-state index contributed by atoms with van der Waals surface area (Å²) in [6.45, 7) is 6.09. The number of benzene rings is 1. The van der Waals surface area contributed by atoms with Crippen molar-refractivity contribution < 1.29 is 0 Å². The molecule has 1 aromatic heterocycles. The van der Waals surface area contributed by atoms with Gasteiger partial charge in [-0.2, -0.15) is 5.26 Å². The van der Waals surface area contributed by atoms with E-state index < -0.39 is 6.89 Å². The molecule has 0 amide bonds. The Labute approximate surface area is 168 Å². The predicted octanol–water partition coefficient (Wildman–Crippen LogP) is 3.84. The number of fused-ring (bicyclic) bond motifs is 1. The van der Waals surface area contributed by atoms with Crippen LogP contribution >= 0.6 is 29.8 Å². The Kier molecular flexibility index (Phi) is 5.86. The Morgan fingerprint density at radius 3 is 2.67 bits per heavy atom. The van der Waals surface area contributed by atoms with Crippen molar-refractivity contribution in [3.05, 3.63) is 42.8 Å². The Morgan fingerprint density at radius 2 is 2.04 bits per heavy atom. The van der Waals surface area contributed by atoms with E-state index in [1.54, 1.807) is 4.68 Å². The van der Waals surface area contributed by atoms with E-state index in [1.807, 2.05) is 23.7 Å². The van der Waals surface area contributed by atoms with E-state index in [-0.39, 0.29) is 10.5 Å². The van der Waals surface area contributed by atoms with E-state index in [0.29, 0.717) is 11.4 Å². The average molecular weight is 423 g/mol. The predicted molar refractivity (Wildman–Crippen MR) is 116 cm³/mol. The van der Waals surface area contributed by atoms with Crippen molar-refractivity contribution >= 4 is 41.8 Å². The molecule has 2 aromatic rings. The van der Waals surface area contributed by atoms with E-state index in [9.17, 15) is 10.1 Å². The highest BCUT2D eigenvalue weighted by Gasteiger charge is 2.19. The lowest BCUT2D eigenvalue weighted by molar-refractivity contribution is 0.345. The molecule has 0 radical (unpaired) electrons. The molecule has 0 fully saturated rings. The molecule has 1 unspecified atom stereocenters. The van der Waals surface area contributed by atoms with E-state index in [0.717, 1.165) is 47.5 Å². The fourth-order valence-electron chi connectivity index (χ4n) is 3.16. The van der Waals surface area contributed by atoms with Crippen molar-refractivity contribution in [3.8, 4) is 6.07 Å². The van der Waals surface area contributed by atoms with Crippen LogP contribution in [-0.4, -0.2) is 34.7 Å². The Balaban J connectivity index is 2.07. The third-order valence-electron chi connectivity index (χ3n) is 4.88. The first-order valence-corrected chi connectivity index (χ1v) is 13.1. The summed E-state index contributed by atoms with van der Waals surface area (Å²) in [5.74, 6) is 0. The first kappa shape index (κ1) is 20.2. The number of nitrogens with zero attached hydrogens (tertiary/aromatic N) is 4. The second-order valence-corrected chi connectivity index (χ2v) is 13.1. The van der Waals surface area contributed by atoms with E-state index in [2.05, 4.69) is 25.7 Å². The van der Waals surface area contributed by atoms with Gasteiger partial charge in [-0.15, -0.1) is 6.89 Å². The summed E-state index contributed by atoms with van der Waals surface area (Å²) in [7, 11) is 0. The molecule has 3 rings (SSSR count). The topological polar surface area (TPSA) is 63.1 Å². The van der Waals surface area contributed by atoms with E-state index in [1.165, 1.54) is 11.3 Å². The van der Waals surface area contributed by atoms with Gasteiger partial charge < -0.3 is 0 Å². The van der Waals surface area contributed by atoms with Crippen LogP contribution in [0, 0.1) is 18.3 Å². The zero-order valence-corrected chi connectivity index (χ0v) is 18.4. The maximum Gasteiger partial charge on any atom is 0.325 e. The summed E-state index contributed by atoms with van der Waals surface area (Å²) in [6, 6.07) is 6.25. The van der Waals surface area contributed by atoms with Crippen molar-refractivity contribution in [3.63, 3.8) is 0 Å². The van der Waals surface area contributed by atoms with Gasteiger partial charge in [-0.1, -0.05) is 17.9 Å². The van der Waals surface area contributed by atoms with Crippen LogP contribution in [0.15, 0.2) is 21.9 Å². The van der Waals surface area contributed by atoms with E-state index >= 15 is 0 Å². The monoisotopic (exact) mass is 422 g/mol. The SMILES string of the molecule is C=P(C)(C)C(C#N)Cc1cc(N=c2sc(=O)n3n2CCCC3)c(C)cc1Cl. The minimum absolute atomic E-state index is 0.0356. The van der Waals surface area contributed by atoms with Crippen LogP contribution < -0.4 is 9.67 Å². The molecule has 0 bridgehead atoms. The molecule has 0 aliphatic carbocycles. The fourth-order valence-corrected chi connectivity index (χ4v) is 5.35. The maximum atomic E-state index is 12.2. The maximum absolute atomic E-state index is 12.2. The fraction of sp³-hybridized carbons (Fsp3) is 0.474. The summed E-state index contributed by atoms with van der Waals surface area (Å²) >= 11 is 7.64. The van der Waals surface area contributed by atoms with Crippen LogP contribution in [0.4, 0.5) is 5.69 Å². The number of halogens is 1. The molecule has 1 atom stereocenters. The van der Waals surface area contributed by atoms with Gasteiger partial charge in [0.2, 0.25) is 4.80 Å². The Hall–Kier alpha value is -1.54. The summed E-state index contributed by atoms with van der Waals surface area (Å²) in [6.07, 6.45) is 6.86. The molecule has 27 heavy (non-hydrogen) atoms. The quantitative estimate of drug-likeness (QED) is 0.702. The molecule has 8 heteroatoms. The van der Waals surface area contributed by atoms with Gasteiger partial charge in [-0.05, 0) is 74.1 Å². The van der Waals surface area contributed by atoms with Gasteiger partial charge in [0.05, 0.1) is 17.4 Å². The number of aromatic nitrogens is 2. The molecule has 0 saturated heterocycles. The number of aryl methyl sites for hydroxylation is 1. The minimum atomic E-state index is -1.56. The van der Waals surface area contributed by atoms with Gasteiger partial charge in [0.25, 0.3) is 0 Å². The number of hydrogen-bond donors (Lipinski definition) is 0. The van der Waals surface area contributed by atoms with Crippen LogP contribution in [-0.2, 0) is 19.5 Å². The second-order valence-electron chi connectivity index (χ2n) is 7.57. The zero-order valence-electron chi connectivity index (χ0n) is 15.9. The van der Waals surface area contributed by atoms with E-state index in [4.69, 9.17) is 16.6 Å². The highest BCUT2D eigenvalue weighted by molar-refractivity contribution is 7.73. The Morgan fingerprint density at radius 1 is 1.37 bits per heavy atom. The van der Waals surface area contributed by atoms with Crippen LogP contribution in [0.1, 0.15) is 24.0 Å². The molecule has 144 valence electrons. The molecule has 0 N–H and O–H groups in total. The summed E-state index contributed by atoms with van der Waals surface area (Å²) < 4.78 is 3.76. The van der Waals surface area contributed by atoms with Crippen molar-refractivity contribution in [2.45, 2.75) is 44.9 Å². The summed E-state index contributed by atoms with van der Waals surface area (Å²) in [5.41, 5.74) is 2.53. The third-order valence-corrected chi connectivity index (χ3v) is 8.09. The van der Waals surface area contributed by atoms with Gasteiger partial charge in [-0.25, -0.2) is 9.67 Å². The Bertz CT molecular complexity index is 1080. The highest BCUT2D eigenvalue weighted by atomic mass is 35.5. The van der Waals surface area contributed by atoms with Gasteiger partial charge in [0.15, 0.2) is 0 Å². The van der Waals surface area contributed by atoms with Crippen LogP contribution in [0.25, 0.3) is 0 Å². The lowest BCUT2D eigenvalue weighted by atomic mass is 10.1. The molecular weight excluding hydrogens is 399 g/mol. The van der Waals surface area contributed by atoms with Gasteiger partial charge in [-0.3, -0.25) is 9.48 Å². The molecular formula is C19H24ClN4OPS. The highest BCUT2D eigenvalue weighted by Crippen LogP contribution is 2.44. The van der Waals surface area contributed by atoms with Crippen molar-refractivity contribution in [1.29, 1.82) is 5.26 Å². The van der Waals surface area contributed by atoms with Gasteiger partial charge in [0, 0.05) is 18.1 Å². The normalized spacial score (nSPS) is 16.0. The van der Waals surface area contributed by atoms with Crippen LogP contribution in [0.5, 0.6) is 0 Å². The lowest BCUT2D eigenvalue weighted by Gasteiger charge is -2.20. The summed E-state index contributed by atoms with van der Waals surface area (Å²) in [4.78, 5) is 17.8. The number of hydrogen-bond acceptors (Lipinski definition) is 4. The van der Waals surface area contributed by atoms with Gasteiger partial charge in [0.1, 0.15) is 0 Å². The van der Waals surface area contributed by atoms with Crippen LogP contribution in [0.2, 0.25) is 5.02 Å². The first-order valence-electron chi connectivity index (χ1n) is 8.93. The molecule has 0 spiro atoms. The second kappa shape index (κ2) is 7.83. The van der Waals surface area contributed by atoms with Gasteiger partial charge >= 0.3 is 4.87 Å². The smallest absolute Gasteiger partial charge is 0.256 e. The molecule has 1 aliphatic heterocycles. The first-order chi connectivity index (χ1) is 12.7. The third kappa shape index (κ3) is 4.32. The summed E-state index contributed by atoms with van der Waals surface area (Å²) in [5, 5.41) is 10.2. The lowest BCUT2D eigenvalue weighted by Crippen LogP contribution is -2.31. The number of nitriles is 1. The zero-order chi connectivity index (χ0) is 19.8. The average Bonchev–Trinajstić information content (AvgIpc) is 2.91. The van der Waals surface area contributed by atoms with Crippen molar-refractivity contribution in [1.82, 2.24) is 9.36 Å². The van der Waals surface area contributed by atoms with Crippen LogP contribution in [0.3, 0.4) is 0 Å². The molecule has 0 saturated carbocycles. The number of rotatable bonds is 4. The minimum Gasteiger partial charge on any atom is -0.256 e.